The maximum atomic E-state index is 11.3. The Hall–Kier alpha value is -0.770. The SMILES string of the molecule is CCC1OCCC1CNC(=O)NC(C)C. The van der Waals surface area contributed by atoms with Gasteiger partial charge in [-0.3, -0.25) is 0 Å². The van der Waals surface area contributed by atoms with Crippen LogP contribution in [-0.2, 0) is 4.74 Å². The molecule has 4 nitrogen and oxygen atoms in total. The normalized spacial score (nSPS) is 25.6. The Morgan fingerprint density at radius 3 is 2.87 bits per heavy atom. The molecule has 88 valence electrons. The predicted molar refractivity (Wildman–Crippen MR) is 59.8 cm³/mol. The van der Waals surface area contributed by atoms with Gasteiger partial charge in [0, 0.05) is 25.1 Å². The fourth-order valence-electron chi connectivity index (χ4n) is 1.91. The van der Waals surface area contributed by atoms with Crippen molar-refractivity contribution >= 4 is 6.03 Å². The Morgan fingerprint density at radius 1 is 1.53 bits per heavy atom. The van der Waals surface area contributed by atoms with Gasteiger partial charge in [0.25, 0.3) is 0 Å². The summed E-state index contributed by atoms with van der Waals surface area (Å²) in [5.41, 5.74) is 0. The van der Waals surface area contributed by atoms with E-state index in [1.807, 2.05) is 13.8 Å². The van der Waals surface area contributed by atoms with E-state index < -0.39 is 0 Å². The van der Waals surface area contributed by atoms with Crippen LogP contribution < -0.4 is 10.6 Å². The number of carbonyl (C=O) groups is 1. The maximum Gasteiger partial charge on any atom is 0.314 e. The molecule has 0 bridgehead atoms. The third-order valence-corrected chi connectivity index (χ3v) is 2.69. The first-order valence-corrected chi connectivity index (χ1v) is 5.79. The molecular formula is C11H22N2O2. The van der Waals surface area contributed by atoms with Crippen LogP contribution in [0.1, 0.15) is 33.6 Å². The fraction of sp³-hybridized carbons (Fsp3) is 0.909. The molecule has 1 saturated heterocycles. The molecule has 0 saturated carbocycles. The zero-order valence-corrected chi connectivity index (χ0v) is 9.88. The zero-order valence-electron chi connectivity index (χ0n) is 9.88. The topological polar surface area (TPSA) is 50.4 Å². The Balaban J connectivity index is 2.21. The molecular weight excluding hydrogens is 192 g/mol. The van der Waals surface area contributed by atoms with Crippen molar-refractivity contribution in [3.8, 4) is 0 Å². The standard InChI is InChI=1S/C11H22N2O2/c1-4-10-9(5-6-15-10)7-12-11(14)13-8(2)3/h8-10H,4-7H2,1-3H3,(H2,12,13,14). The molecule has 2 unspecified atom stereocenters. The highest BCUT2D eigenvalue weighted by Gasteiger charge is 2.26. The highest BCUT2D eigenvalue weighted by atomic mass is 16.5. The van der Waals surface area contributed by atoms with Gasteiger partial charge in [0.1, 0.15) is 0 Å². The Labute approximate surface area is 91.8 Å². The average molecular weight is 214 g/mol. The van der Waals surface area contributed by atoms with E-state index >= 15 is 0 Å². The van der Waals surface area contributed by atoms with Crippen molar-refractivity contribution < 1.29 is 9.53 Å². The summed E-state index contributed by atoms with van der Waals surface area (Å²) in [4.78, 5) is 11.3. The number of carbonyl (C=O) groups excluding carboxylic acids is 1. The molecule has 1 fully saturated rings. The van der Waals surface area contributed by atoms with Crippen LogP contribution >= 0.6 is 0 Å². The summed E-state index contributed by atoms with van der Waals surface area (Å²) >= 11 is 0. The largest absolute Gasteiger partial charge is 0.378 e. The maximum absolute atomic E-state index is 11.3. The first kappa shape index (κ1) is 12.3. The number of urea groups is 1. The highest BCUT2D eigenvalue weighted by Crippen LogP contribution is 2.22. The lowest BCUT2D eigenvalue weighted by Crippen LogP contribution is -2.42. The van der Waals surface area contributed by atoms with Gasteiger partial charge in [-0.05, 0) is 26.7 Å². The van der Waals surface area contributed by atoms with Crippen LogP contribution in [0.5, 0.6) is 0 Å². The quantitative estimate of drug-likeness (QED) is 0.745. The highest BCUT2D eigenvalue weighted by molar-refractivity contribution is 5.74. The van der Waals surface area contributed by atoms with Crippen molar-refractivity contribution in [2.45, 2.75) is 45.8 Å². The Bertz CT molecular complexity index is 207. The van der Waals surface area contributed by atoms with Crippen LogP contribution in [0, 0.1) is 5.92 Å². The van der Waals surface area contributed by atoms with Crippen LogP contribution in [0.3, 0.4) is 0 Å². The van der Waals surface area contributed by atoms with Crippen molar-refractivity contribution in [2.24, 2.45) is 5.92 Å². The van der Waals surface area contributed by atoms with Crippen molar-refractivity contribution in [1.29, 1.82) is 0 Å². The van der Waals surface area contributed by atoms with Crippen molar-refractivity contribution in [2.75, 3.05) is 13.2 Å². The summed E-state index contributed by atoms with van der Waals surface area (Å²) in [7, 11) is 0. The average Bonchev–Trinajstić information content (AvgIpc) is 2.60. The molecule has 1 aliphatic heterocycles. The molecule has 0 aromatic rings. The van der Waals surface area contributed by atoms with E-state index in [1.54, 1.807) is 0 Å². The summed E-state index contributed by atoms with van der Waals surface area (Å²) in [6, 6.07) is 0.110. The number of hydrogen-bond acceptors (Lipinski definition) is 2. The van der Waals surface area contributed by atoms with Gasteiger partial charge >= 0.3 is 6.03 Å². The van der Waals surface area contributed by atoms with Crippen LogP contribution in [0.25, 0.3) is 0 Å². The molecule has 0 aromatic carbocycles. The summed E-state index contributed by atoms with van der Waals surface area (Å²) in [6.07, 6.45) is 2.41. The predicted octanol–water partition coefficient (Wildman–Crippen LogP) is 1.51. The minimum Gasteiger partial charge on any atom is -0.378 e. The third-order valence-electron chi connectivity index (χ3n) is 2.69. The lowest BCUT2D eigenvalue weighted by molar-refractivity contribution is 0.0877. The first-order chi connectivity index (χ1) is 7.13. The summed E-state index contributed by atoms with van der Waals surface area (Å²) in [6.45, 7) is 7.57. The van der Waals surface area contributed by atoms with Crippen LogP contribution in [0.15, 0.2) is 0 Å². The van der Waals surface area contributed by atoms with E-state index in [0.717, 1.165) is 26.0 Å². The van der Waals surface area contributed by atoms with Gasteiger partial charge in [0.2, 0.25) is 0 Å². The molecule has 0 aliphatic carbocycles. The lowest BCUT2D eigenvalue weighted by Gasteiger charge is -2.18. The van der Waals surface area contributed by atoms with E-state index in [2.05, 4.69) is 17.6 Å². The molecule has 2 N–H and O–H groups in total. The second-order valence-corrected chi connectivity index (χ2v) is 4.38. The van der Waals surface area contributed by atoms with Crippen molar-refractivity contribution in [3.63, 3.8) is 0 Å². The van der Waals surface area contributed by atoms with Gasteiger partial charge in [0.15, 0.2) is 0 Å². The van der Waals surface area contributed by atoms with Crippen LogP contribution in [-0.4, -0.2) is 31.3 Å². The van der Waals surface area contributed by atoms with E-state index in [-0.39, 0.29) is 12.1 Å². The van der Waals surface area contributed by atoms with Crippen molar-refractivity contribution in [1.82, 2.24) is 10.6 Å². The molecule has 15 heavy (non-hydrogen) atoms. The number of rotatable bonds is 4. The summed E-state index contributed by atoms with van der Waals surface area (Å²) < 4.78 is 5.56. The van der Waals surface area contributed by atoms with Gasteiger partial charge in [0.05, 0.1) is 6.10 Å². The Morgan fingerprint density at radius 2 is 2.27 bits per heavy atom. The molecule has 4 heteroatoms. The first-order valence-electron chi connectivity index (χ1n) is 5.79. The minimum atomic E-state index is -0.0771. The van der Waals surface area contributed by atoms with E-state index in [0.29, 0.717) is 12.0 Å². The second kappa shape index (κ2) is 5.95. The van der Waals surface area contributed by atoms with Crippen LogP contribution in [0.4, 0.5) is 4.79 Å². The van der Waals surface area contributed by atoms with Gasteiger partial charge in [-0.25, -0.2) is 4.79 Å². The summed E-state index contributed by atoms with van der Waals surface area (Å²) in [5, 5.41) is 5.70. The van der Waals surface area contributed by atoms with Crippen molar-refractivity contribution in [3.05, 3.63) is 0 Å². The third kappa shape index (κ3) is 4.08. The second-order valence-electron chi connectivity index (χ2n) is 4.38. The summed E-state index contributed by atoms with van der Waals surface area (Å²) in [5.74, 6) is 0.480. The molecule has 1 heterocycles. The van der Waals surface area contributed by atoms with E-state index in [9.17, 15) is 4.79 Å². The number of hydrogen-bond donors (Lipinski definition) is 2. The molecule has 1 rings (SSSR count). The molecule has 2 amide bonds. The van der Waals surface area contributed by atoms with Gasteiger partial charge < -0.3 is 15.4 Å². The molecule has 0 aromatic heterocycles. The molecule has 0 spiro atoms. The smallest absolute Gasteiger partial charge is 0.314 e. The van der Waals surface area contributed by atoms with Gasteiger partial charge in [-0.1, -0.05) is 6.92 Å². The lowest BCUT2D eigenvalue weighted by atomic mass is 10.00. The molecule has 0 radical (unpaired) electrons. The molecule has 1 aliphatic rings. The number of ether oxygens (including phenoxy) is 1. The van der Waals surface area contributed by atoms with E-state index in [4.69, 9.17) is 4.74 Å². The van der Waals surface area contributed by atoms with Gasteiger partial charge in [-0.15, -0.1) is 0 Å². The minimum absolute atomic E-state index is 0.0771. The number of nitrogens with one attached hydrogen (secondary N) is 2. The fourth-order valence-corrected chi connectivity index (χ4v) is 1.91. The number of amides is 2. The molecule has 2 atom stereocenters. The monoisotopic (exact) mass is 214 g/mol. The van der Waals surface area contributed by atoms with E-state index in [1.165, 1.54) is 0 Å². The van der Waals surface area contributed by atoms with Crippen LogP contribution in [0.2, 0.25) is 0 Å². The van der Waals surface area contributed by atoms with Gasteiger partial charge in [-0.2, -0.15) is 0 Å². The Kier molecular flexibility index (Phi) is 4.88. The zero-order chi connectivity index (χ0) is 11.3.